The molecule has 0 atom stereocenters. The highest BCUT2D eigenvalue weighted by Crippen LogP contribution is 2.14. The van der Waals surface area contributed by atoms with Crippen molar-refractivity contribution in [1.82, 2.24) is 0 Å². The van der Waals surface area contributed by atoms with Crippen LogP contribution >= 0.6 is 0 Å². The van der Waals surface area contributed by atoms with Crippen LogP contribution in [0.5, 0.6) is 0 Å². The molecule has 0 saturated carbocycles. The smallest absolute Gasteiger partial charge is 0.0721 e. The summed E-state index contributed by atoms with van der Waals surface area (Å²) < 4.78 is 0. The van der Waals surface area contributed by atoms with E-state index in [1.54, 1.807) is 0 Å². The van der Waals surface area contributed by atoms with E-state index >= 15 is 0 Å². The molecule has 0 heterocycles. The van der Waals surface area contributed by atoms with Crippen LogP contribution in [0, 0.1) is 6.92 Å². The SMILES string of the molecule is CCN=C(c1ccccc1)c1ccccc1C. The van der Waals surface area contributed by atoms with Gasteiger partial charge in [-0.2, -0.15) is 0 Å². The Morgan fingerprint density at radius 3 is 2.24 bits per heavy atom. The zero-order chi connectivity index (χ0) is 12.1. The zero-order valence-electron chi connectivity index (χ0n) is 10.4. The summed E-state index contributed by atoms with van der Waals surface area (Å²) in [5.41, 5.74) is 4.76. The molecule has 0 fully saturated rings. The Balaban J connectivity index is 2.52. The largest absolute Gasteiger partial charge is 0.284 e. The van der Waals surface area contributed by atoms with E-state index < -0.39 is 0 Å². The lowest BCUT2D eigenvalue weighted by Crippen LogP contribution is -2.05. The summed E-state index contributed by atoms with van der Waals surface area (Å²) in [5.74, 6) is 0. The van der Waals surface area contributed by atoms with Crippen molar-refractivity contribution in [3.05, 3.63) is 71.3 Å². The first kappa shape index (κ1) is 11.6. The van der Waals surface area contributed by atoms with Crippen LogP contribution in [0.2, 0.25) is 0 Å². The summed E-state index contributed by atoms with van der Waals surface area (Å²) in [5, 5.41) is 0. The van der Waals surface area contributed by atoms with Crippen molar-refractivity contribution in [3.63, 3.8) is 0 Å². The third-order valence-electron chi connectivity index (χ3n) is 2.76. The van der Waals surface area contributed by atoms with Crippen LogP contribution in [-0.4, -0.2) is 12.3 Å². The van der Waals surface area contributed by atoms with Gasteiger partial charge in [-0.25, -0.2) is 0 Å². The van der Waals surface area contributed by atoms with Crippen molar-refractivity contribution < 1.29 is 0 Å². The summed E-state index contributed by atoms with van der Waals surface area (Å²) in [6.45, 7) is 5.00. The number of aryl methyl sites for hydroxylation is 1. The normalized spacial score (nSPS) is 11.5. The highest BCUT2D eigenvalue weighted by Gasteiger charge is 2.07. The highest BCUT2D eigenvalue weighted by molar-refractivity contribution is 6.13. The second kappa shape index (κ2) is 5.44. The van der Waals surface area contributed by atoms with Crippen molar-refractivity contribution >= 4 is 5.71 Å². The van der Waals surface area contributed by atoms with E-state index in [-0.39, 0.29) is 0 Å². The number of nitrogens with zero attached hydrogens (tertiary/aromatic N) is 1. The average Bonchev–Trinajstić information content (AvgIpc) is 2.38. The van der Waals surface area contributed by atoms with Crippen molar-refractivity contribution in [2.24, 2.45) is 4.99 Å². The third-order valence-corrected chi connectivity index (χ3v) is 2.76. The maximum Gasteiger partial charge on any atom is 0.0721 e. The molecule has 0 aliphatic carbocycles. The highest BCUT2D eigenvalue weighted by atomic mass is 14.7. The maximum atomic E-state index is 4.64. The second-order valence-electron chi connectivity index (χ2n) is 4.00. The van der Waals surface area contributed by atoms with Crippen LogP contribution in [0.15, 0.2) is 59.6 Å². The number of aliphatic imine (C=N–C) groups is 1. The molecule has 0 aliphatic rings. The van der Waals surface area contributed by atoms with Gasteiger partial charge < -0.3 is 0 Å². The molecule has 86 valence electrons. The monoisotopic (exact) mass is 223 g/mol. The molecule has 0 radical (unpaired) electrons. The average molecular weight is 223 g/mol. The van der Waals surface area contributed by atoms with E-state index in [9.17, 15) is 0 Å². The predicted molar refractivity (Wildman–Crippen MR) is 73.8 cm³/mol. The molecular weight excluding hydrogens is 206 g/mol. The van der Waals surface area contributed by atoms with Crippen LogP contribution < -0.4 is 0 Å². The van der Waals surface area contributed by atoms with Gasteiger partial charge in [0.05, 0.1) is 5.71 Å². The standard InChI is InChI=1S/C16H17N/c1-3-17-16(14-10-5-4-6-11-14)15-12-8-7-9-13(15)2/h4-12H,3H2,1-2H3. The van der Waals surface area contributed by atoms with E-state index in [0.29, 0.717) is 0 Å². The van der Waals surface area contributed by atoms with Gasteiger partial charge in [-0.05, 0) is 19.4 Å². The van der Waals surface area contributed by atoms with Crippen LogP contribution in [0.25, 0.3) is 0 Å². The molecule has 2 aromatic rings. The Hall–Kier alpha value is -1.89. The van der Waals surface area contributed by atoms with E-state index in [0.717, 1.165) is 12.3 Å². The molecule has 1 nitrogen and oxygen atoms in total. The van der Waals surface area contributed by atoms with Crippen LogP contribution in [0.1, 0.15) is 23.6 Å². The molecule has 0 unspecified atom stereocenters. The first-order valence-corrected chi connectivity index (χ1v) is 5.98. The summed E-state index contributed by atoms with van der Waals surface area (Å²) >= 11 is 0. The maximum absolute atomic E-state index is 4.64. The summed E-state index contributed by atoms with van der Waals surface area (Å²) in [6.07, 6.45) is 0. The summed E-state index contributed by atoms with van der Waals surface area (Å²) in [4.78, 5) is 4.64. The molecule has 0 spiro atoms. The molecule has 0 N–H and O–H groups in total. The van der Waals surface area contributed by atoms with E-state index in [1.807, 2.05) is 6.07 Å². The number of benzene rings is 2. The first-order valence-electron chi connectivity index (χ1n) is 5.98. The Labute approximate surface area is 103 Å². The second-order valence-corrected chi connectivity index (χ2v) is 4.00. The first-order chi connectivity index (χ1) is 8.33. The lowest BCUT2D eigenvalue weighted by Gasteiger charge is -2.09. The summed E-state index contributed by atoms with van der Waals surface area (Å²) in [6, 6.07) is 18.8. The van der Waals surface area contributed by atoms with Gasteiger partial charge in [-0.3, -0.25) is 4.99 Å². The minimum Gasteiger partial charge on any atom is -0.284 e. The van der Waals surface area contributed by atoms with Crippen LogP contribution in [0.4, 0.5) is 0 Å². The molecular formula is C16H17N. The van der Waals surface area contributed by atoms with Gasteiger partial charge in [-0.1, -0.05) is 54.6 Å². The van der Waals surface area contributed by atoms with Gasteiger partial charge in [0.2, 0.25) is 0 Å². The number of hydrogen-bond acceptors (Lipinski definition) is 1. The van der Waals surface area contributed by atoms with Gasteiger partial charge in [0.15, 0.2) is 0 Å². The Kier molecular flexibility index (Phi) is 3.71. The molecule has 2 rings (SSSR count). The van der Waals surface area contributed by atoms with Gasteiger partial charge in [0, 0.05) is 17.7 Å². The minimum atomic E-state index is 0.804. The topological polar surface area (TPSA) is 12.4 Å². The fourth-order valence-corrected chi connectivity index (χ4v) is 1.92. The fourth-order valence-electron chi connectivity index (χ4n) is 1.92. The van der Waals surface area contributed by atoms with Crippen molar-refractivity contribution in [2.75, 3.05) is 6.54 Å². The molecule has 2 aromatic carbocycles. The van der Waals surface area contributed by atoms with E-state index in [2.05, 4.69) is 67.4 Å². The van der Waals surface area contributed by atoms with Gasteiger partial charge in [0.1, 0.15) is 0 Å². The molecule has 17 heavy (non-hydrogen) atoms. The molecule has 0 aliphatic heterocycles. The van der Waals surface area contributed by atoms with Gasteiger partial charge in [-0.15, -0.1) is 0 Å². The Bertz CT molecular complexity index is 512. The van der Waals surface area contributed by atoms with Crippen LogP contribution in [-0.2, 0) is 0 Å². The minimum absolute atomic E-state index is 0.804. The van der Waals surface area contributed by atoms with Crippen molar-refractivity contribution in [2.45, 2.75) is 13.8 Å². The molecule has 0 saturated heterocycles. The van der Waals surface area contributed by atoms with Crippen molar-refractivity contribution in [1.29, 1.82) is 0 Å². The lowest BCUT2D eigenvalue weighted by atomic mass is 9.98. The Morgan fingerprint density at radius 1 is 0.941 bits per heavy atom. The zero-order valence-corrected chi connectivity index (χ0v) is 10.4. The number of rotatable bonds is 3. The molecule has 0 aromatic heterocycles. The lowest BCUT2D eigenvalue weighted by molar-refractivity contribution is 1.13. The molecule has 1 heteroatoms. The molecule has 0 bridgehead atoms. The third kappa shape index (κ3) is 2.62. The van der Waals surface area contributed by atoms with Gasteiger partial charge >= 0.3 is 0 Å². The van der Waals surface area contributed by atoms with Crippen molar-refractivity contribution in [3.8, 4) is 0 Å². The van der Waals surface area contributed by atoms with E-state index in [4.69, 9.17) is 0 Å². The predicted octanol–water partition coefficient (Wildman–Crippen LogP) is 3.85. The Morgan fingerprint density at radius 2 is 1.59 bits per heavy atom. The molecule has 0 amide bonds. The fraction of sp³-hybridized carbons (Fsp3) is 0.188. The van der Waals surface area contributed by atoms with Crippen LogP contribution in [0.3, 0.4) is 0 Å². The van der Waals surface area contributed by atoms with Gasteiger partial charge in [0.25, 0.3) is 0 Å². The number of hydrogen-bond donors (Lipinski definition) is 0. The van der Waals surface area contributed by atoms with E-state index in [1.165, 1.54) is 16.7 Å². The summed E-state index contributed by atoms with van der Waals surface area (Å²) in [7, 11) is 0. The quantitative estimate of drug-likeness (QED) is 0.701.